The first-order chi connectivity index (χ1) is 15.1. The number of amides is 1. The molecule has 162 valence electrons. The van der Waals surface area contributed by atoms with Gasteiger partial charge in [0.25, 0.3) is 0 Å². The lowest BCUT2D eigenvalue weighted by Gasteiger charge is -2.28. The molecular weight excluding hydrogens is 393 g/mol. The average molecular weight is 424 g/mol. The van der Waals surface area contributed by atoms with E-state index in [2.05, 4.69) is 80.0 Å². The van der Waals surface area contributed by atoms with Crippen LogP contribution in [0.15, 0.2) is 30.3 Å². The molecule has 0 spiro atoms. The predicted molar refractivity (Wildman–Crippen MR) is 142 cm³/mol. The summed E-state index contributed by atoms with van der Waals surface area (Å²) in [5.41, 5.74) is 7.02. The highest BCUT2D eigenvalue weighted by atomic mass is 16.2. The lowest BCUT2D eigenvalue weighted by atomic mass is 9.50. The molecule has 0 saturated carbocycles. The second kappa shape index (κ2) is 8.30. The van der Waals surface area contributed by atoms with Crippen molar-refractivity contribution in [2.75, 3.05) is 17.3 Å². The molecule has 1 aliphatic heterocycles. The highest BCUT2D eigenvalue weighted by molar-refractivity contribution is 6.43. The minimum absolute atomic E-state index is 0.0792. The largest absolute Gasteiger partial charge is 0.363 e. The highest BCUT2D eigenvalue weighted by Gasteiger charge is 2.24. The maximum atomic E-state index is 12.3. The molecule has 1 atom stereocenters. The van der Waals surface area contributed by atoms with Crippen LogP contribution in [-0.4, -0.2) is 46.5 Å². The minimum Gasteiger partial charge on any atom is -0.363 e. The van der Waals surface area contributed by atoms with Crippen LogP contribution in [0.25, 0.3) is 10.9 Å². The molecule has 0 unspecified atom stereocenters. The van der Waals surface area contributed by atoms with Gasteiger partial charge in [0.05, 0.1) is 5.52 Å². The van der Waals surface area contributed by atoms with Gasteiger partial charge in [-0.2, -0.15) is 0 Å². The smallest absolute Gasteiger partial charge is 0.227 e. The van der Waals surface area contributed by atoms with Crippen LogP contribution in [0.5, 0.6) is 0 Å². The quantitative estimate of drug-likeness (QED) is 0.621. The molecule has 2 heterocycles. The Balaban J connectivity index is 1.80. The van der Waals surface area contributed by atoms with Crippen molar-refractivity contribution in [1.82, 2.24) is 9.97 Å². The molecule has 1 aromatic heterocycles. The second-order valence-electron chi connectivity index (χ2n) is 9.93. The summed E-state index contributed by atoms with van der Waals surface area (Å²) in [6.07, 6.45) is 2.08. The summed E-state index contributed by atoms with van der Waals surface area (Å²) in [7, 11) is 8.57. The van der Waals surface area contributed by atoms with Gasteiger partial charge in [-0.3, -0.25) is 4.79 Å². The van der Waals surface area contributed by atoms with Crippen LogP contribution in [-0.2, 0) is 22.8 Å². The number of fused-ring (bicyclic) bond motifs is 2. The van der Waals surface area contributed by atoms with Crippen molar-refractivity contribution in [3.8, 4) is 0 Å². The second-order valence-corrected chi connectivity index (χ2v) is 9.93. The first-order valence-corrected chi connectivity index (χ1v) is 11.6. The van der Waals surface area contributed by atoms with Crippen LogP contribution in [0.2, 0.25) is 0 Å². The normalized spacial score (nSPS) is 15.0. The molecule has 1 amide bonds. The van der Waals surface area contributed by atoms with Crippen LogP contribution >= 0.6 is 0 Å². The van der Waals surface area contributed by atoms with Gasteiger partial charge in [0.1, 0.15) is 35.2 Å². The number of hydrogen-bond donors (Lipinski definition) is 1. The third-order valence-corrected chi connectivity index (χ3v) is 6.61. The lowest BCUT2D eigenvalue weighted by molar-refractivity contribution is -0.118. The fourth-order valence-electron chi connectivity index (χ4n) is 4.80. The van der Waals surface area contributed by atoms with Gasteiger partial charge in [-0.05, 0) is 36.6 Å². The molecule has 3 aromatic rings. The van der Waals surface area contributed by atoms with Crippen molar-refractivity contribution < 1.29 is 4.79 Å². The molecule has 0 saturated heterocycles. The third kappa shape index (κ3) is 4.03. The van der Waals surface area contributed by atoms with Gasteiger partial charge in [-0.15, -0.1) is 0 Å². The van der Waals surface area contributed by atoms with Crippen LogP contribution in [0.1, 0.15) is 55.7 Å². The molecule has 0 radical (unpaired) electrons. The minimum atomic E-state index is 0.0792. The third-order valence-electron chi connectivity index (χ3n) is 6.61. The lowest BCUT2D eigenvalue weighted by Crippen LogP contribution is -2.33. The van der Waals surface area contributed by atoms with E-state index >= 15 is 0 Å². The Morgan fingerprint density at radius 2 is 1.97 bits per heavy atom. The van der Waals surface area contributed by atoms with E-state index in [0.717, 1.165) is 41.1 Å². The van der Waals surface area contributed by atoms with Crippen LogP contribution in [0, 0.1) is 0 Å². The Hall–Kier alpha value is -2.76. The topological polar surface area (TPSA) is 58.1 Å². The number of carbonyl (C=O) groups is 1. The molecule has 2 aromatic carbocycles. The van der Waals surface area contributed by atoms with Gasteiger partial charge in [0.2, 0.25) is 5.91 Å². The average Bonchev–Trinajstić information content (AvgIpc) is 2.74. The van der Waals surface area contributed by atoms with Gasteiger partial charge in [0, 0.05) is 37.0 Å². The van der Waals surface area contributed by atoms with E-state index in [0.29, 0.717) is 6.42 Å². The number of nitrogens with zero attached hydrogens (tertiary/aromatic N) is 3. The zero-order valence-electron chi connectivity index (χ0n) is 20.3. The van der Waals surface area contributed by atoms with Gasteiger partial charge in [-0.25, -0.2) is 9.97 Å². The molecule has 5 nitrogen and oxygen atoms in total. The first kappa shape index (κ1) is 22.4. The van der Waals surface area contributed by atoms with Gasteiger partial charge >= 0.3 is 0 Å². The van der Waals surface area contributed by atoms with Crippen LogP contribution in [0.4, 0.5) is 11.5 Å². The van der Waals surface area contributed by atoms with Crippen LogP contribution < -0.4 is 15.7 Å². The fraction of sp³-hybridized carbons (Fsp3) is 0.375. The Kier molecular flexibility index (Phi) is 5.82. The van der Waals surface area contributed by atoms with Crippen LogP contribution in [0.3, 0.4) is 0 Å². The number of anilines is 2. The number of aromatic nitrogens is 2. The van der Waals surface area contributed by atoms with Crippen molar-refractivity contribution in [3.05, 3.63) is 52.8 Å². The first-order valence-electron chi connectivity index (χ1n) is 11.6. The van der Waals surface area contributed by atoms with E-state index in [9.17, 15) is 4.79 Å². The summed E-state index contributed by atoms with van der Waals surface area (Å²) >= 11 is 0. The van der Waals surface area contributed by atoms with Crippen molar-refractivity contribution >= 4 is 57.3 Å². The Morgan fingerprint density at radius 3 is 2.66 bits per heavy atom. The summed E-state index contributed by atoms with van der Waals surface area (Å²) in [5, 5.41) is 4.72. The Morgan fingerprint density at radius 1 is 1.22 bits per heavy atom. The molecule has 8 heteroatoms. The molecule has 1 N–H and O–H groups in total. The Labute approximate surface area is 193 Å². The summed E-state index contributed by atoms with van der Waals surface area (Å²) in [5.74, 6) is 1.81. The van der Waals surface area contributed by atoms with Crippen molar-refractivity contribution in [2.45, 2.75) is 51.3 Å². The zero-order valence-corrected chi connectivity index (χ0v) is 20.3. The van der Waals surface area contributed by atoms with Crippen molar-refractivity contribution in [2.24, 2.45) is 0 Å². The van der Waals surface area contributed by atoms with E-state index in [1.807, 2.05) is 7.05 Å². The summed E-state index contributed by atoms with van der Waals surface area (Å²) in [6, 6.07) is 10.9. The molecule has 0 bridgehead atoms. The van der Waals surface area contributed by atoms with E-state index in [4.69, 9.17) is 9.97 Å². The predicted octanol–water partition coefficient (Wildman–Crippen LogP) is 0.972. The van der Waals surface area contributed by atoms with Crippen molar-refractivity contribution in [1.29, 1.82) is 0 Å². The molecule has 0 aliphatic carbocycles. The number of rotatable bonds is 5. The van der Waals surface area contributed by atoms with Gasteiger partial charge in [0.15, 0.2) is 0 Å². The Bertz CT molecular complexity index is 1210. The number of benzene rings is 2. The molecule has 1 aliphatic rings. The maximum Gasteiger partial charge on any atom is 0.227 e. The zero-order chi connectivity index (χ0) is 23.2. The summed E-state index contributed by atoms with van der Waals surface area (Å²) in [4.78, 5) is 23.7. The molecular formula is C24H31B3N4O. The van der Waals surface area contributed by atoms with E-state index in [-0.39, 0.29) is 17.2 Å². The van der Waals surface area contributed by atoms with Crippen molar-refractivity contribution in [3.63, 3.8) is 0 Å². The molecule has 0 fully saturated rings. The molecule has 32 heavy (non-hydrogen) atoms. The maximum absolute atomic E-state index is 12.3. The summed E-state index contributed by atoms with van der Waals surface area (Å²) in [6.45, 7) is 6.52. The number of hydrogen-bond acceptors (Lipinski definition) is 4. The fourth-order valence-corrected chi connectivity index (χ4v) is 4.80. The number of aryl methyl sites for hydroxylation is 2. The SMILES string of the molecule is Bc1c([C@@H](C)Nc2nc(CC)nc3cc4c(cc23)N(C)C(=O)CC4)cccc1C(B)(B)C. The summed E-state index contributed by atoms with van der Waals surface area (Å²) < 4.78 is 0. The van der Waals surface area contributed by atoms with E-state index in [1.165, 1.54) is 22.2 Å². The number of nitrogens with one attached hydrogen (secondary N) is 1. The van der Waals surface area contributed by atoms with Gasteiger partial charge < -0.3 is 10.2 Å². The van der Waals surface area contributed by atoms with Gasteiger partial charge in [-0.1, -0.05) is 48.3 Å². The molecule has 4 rings (SSSR count). The highest BCUT2D eigenvalue weighted by Crippen LogP contribution is 2.34. The monoisotopic (exact) mass is 424 g/mol. The van der Waals surface area contributed by atoms with E-state index < -0.39 is 0 Å². The standard InChI is InChI=1S/C24H31B3N4O/c1-5-20-29-18-11-14-9-10-21(32)31(4)19(14)12-16(18)23(30-20)28-13(2)15-7-6-8-17(22(15)25)24(3,26)27/h6-8,11-13H,5,9-10,25-27H2,1-4H3,(H,28,29,30)/t13-/m1/s1. The van der Waals surface area contributed by atoms with E-state index in [1.54, 1.807) is 4.90 Å². The number of carbonyl (C=O) groups excluding carboxylic acids is 1.